The van der Waals surface area contributed by atoms with Gasteiger partial charge in [0.2, 0.25) is 0 Å². The molecule has 1 saturated heterocycles. The summed E-state index contributed by atoms with van der Waals surface area (Å²) in [6, 6.07) is 30.4. The van der Waals surface area contributed by atoms with Crippen LogP contribution in [0.2, 0.25) is 0 Å². The van der Waals surface area contributed by atoms with Crippen molar-refractivity contribution in [1.29, 1.82) is 10.5 Å². The van der Waals surface area contributed by atoms with E-state index in [-0.39, 0.29) is 44.7 Å². The SMILES string of the molecule is COc1ccc(C(OC[C@H]2O[C@@H](n3ccc(=O)[nH]c3=O)[C@H](OC(C)OCCC#N)[C@@H]2OP(OCCC#N)N(C(C)C)C(C)C)(c2ccccc2)c2ccc(OC)cc2)cc1. The molecule has 3 aromatic carbocycles. The molecule has 320 valence electrons. The third-order valence-corrected chi connectivity index (χ3v) is 12.0. The molecule has 0 radical (unpaired) electrons. The predicted molar refractivity (Wildman–Crippen MR) is 224 cm³/mol. The number of methoxy groups -OCH3 is 2. The van der Waals surface area contributed by atoms with Gasteiger partial charge in [0.25, 0.3) is 14.1 Å². The van der Waals surface area contributed by atoms with Crippen molar-refractivity contribution < 1.29 is 37.5 Å². The van der Waals surface area contributed by atoms with Gasteiger partial charge < -0.3 is 37.5 Å². The molecule has 2 unspecified atom stereocenters. The number of nitriles is 2. The summed E-state index contributed by atoms with van der Waals surface area (Å²) in [7, 11) is 1.32. The molecule has 1 aliphatic rings. The standard InChI is InChI=1S/C44H54N5O10P/c1-30(2)49(31(3)4)60(56-28-12-25-46)59-40-38(58-42(48-26-23-39(50)47-43(48)51)41(40)57-32(5)54-27-11-24-45)29-55-44(33-13-9-8-10-14-33,34-15-19-36(52-6)20-16-34)35-17-21-37(53-7)22-18-35/h8-10,13-23,26,30-32,38,40-42H,11-12,27-29H2,1-7H3,(H,47,50,51)/t32?,38-,40-,41-,42-,60?/m1/s1. The highest BCUT2D eigenvalue weighted by Gasteiger charge is 2.52. The molecule has 0 spiro atoms. The third-order valence-electron chi connectivity index (χ3n) is 9.84. The monoisotopic (exact) mass is 843 g/mol. The average Bonchev–Trinajstić information content (AvgIpc) is 3.56. The van der Waals surface area contributed by atoms with Crippen molar-refractivity contribution in [3.05, 3.63) is 129 Å². The number of hydrogen-bond acceptors (Lipinski definition) is 13. The van der Waals surface area contributed by atoms with Crippen LogP contribution < -0.4 is 20.7 Å². The molecule has 1 fully saturated rings. The Balaban J connectivity index is 1.69. The molecule has 5 rings (SSSR count). The lowest BCUT2D eigenvalue weighted by Gasteiger charge is -2.39. The predicted octanol–water partition coefficient (Wildman–Crippen LogP) is 6.78. The van der Waals surface area contributed by atoms with Gasteiger partial charge in [-0.25, -0.2) is 9.46 Å². The maximum Gasteiger partial charge on any atom is 0.330 e. The van der Waals surface area contributed by atoms with E-state index in [1.807, 2.05) is 107 Å². The number of aromatic nitrogens is 2. The largest absolute Gasteiger partial charge is 0.497 e. The number of H-pyrrole nitrogens is 1. The molecular weight excluding hydrogens is 789 g/mol. The number of ether oxygens (including phenoxy) is 6. The van der Waals surface area contributed by atoms with E-state index in [4.69, 9.17) is 37.5 Å². The van der Waals surface area contributed by atoms with Gasteiger partial charge in [0.15, 0.2) is 12.5 Å². The first-order valence-electron chi connectivity index (χ1n) is 19.8. The van der Waals surface area contributed by atoms with Gasteiger partial charge in [-0.1, -0.05) is 54.6 Å². The number of aromatic amines is 1. The number of rotatable bonds is 22. The molecule has 4 aromatic rings. The zero-order chi connectivity index (χ0) is 43.2. The Morgan fingerprint density at radius 1 is 0.800 bits per heavy atom. The van der Waals surface area contributed by atoms with Crippen LogP contribution >= 0.6 is 8.53 Å². The van der Waals surface area contributed by atoms with Gasteiger partial charge in [-0.05, 0) is 75.6 Å². The molecule has 0 amide bonds. The van der Waals surface area contributed by atoms with Crippen LogP contribution in [-0.4, -0.2) is 84.9 Å². The Morgan fingerprint density at radius 2 is 1.37 bits per heavy atom. The highest BCUT2D eigenvalue weighted by atomic mass is 31.2. The van der Waals surface area contributed by atoms with Gasteiger partial charge in [0.1, 0.15) is 35.4 Å². The first kappa shape index (κ1) is 46.1. The number of benzene rings is 3. The van der Waals surface area contributed by atoms with Crippen LogP contribution in [0.25, 0.3) is 0 Å². The van der Waals surface area contributed by atoms with Gasteiger partial charge in [0.05, 0.1) is 59.0 Å². The molecule has 15 nitrogen and oxygen atoms in total. The topological polar surface area (TPSA) is 180 Å². The van der Waals surface area contributed by atoms with Gasteiger partial charge in [-0.3, -0.25) is 14.3 Å². The summed E-state index contributed by atoms with van der Waals surface area (Å²) in [5, 5.41) is 18.6. The quantitative estimate of drug-likeness (QED) is 0.0379. The molecule has 1 aromatic heterocycles. The van der Waals surface area contributed by atoms with E-state index in [9.17, 15) is 20.1 Å². The van der Waals surface area contributed by atoms with E-state index in [0.29, 0.717) is 11.5 Å². The van der Waals surface area contributed by atoms with E-state index < -0.39 is 56.2 Å². The summed E-state index contributed by atoms with van der Waals surface area (Å²) in [4.78, 5) is 28.1. The minimum absolute atomic E-state index is 0.0451. The highest BCUT2D eigenvalue weighted by molar-refractivity contribution is 7.44. The van der Waals surface area contributed by atoms with Gasteiger partial charge in [-0.2, -0.15) is 10.5 Å². The lowest BCUT2D eigenvalue weighted by molar-refractivity contribution is -0.191. The lowest BCUT2D eigenvalue weighted by atomic mass is 9.80. The van der Waals surface area contributed by atoms with Crippen molar-refractivity contribution in [2.24, 2.45) is 0 Å². The molecule has 6 atom stereocenters. The van der Waals surface area contributed by atoms with Gasteiger partial charge >= 0.3 is 5.69 Å². The molecule has 2 heterocycles. The van der Waals surface area contributed by atoms with Crippen LogP contribution in [-0.2, 0) is 33.6 Å². The van der Waals surface area contributed by atoms with E-state index in [1.165, 1.54) is 16.8 Å². The summed E-state index contributed by atoms with van der Waals surface area (Å²) in [5.41, 5.74) is -0.191. The van der Waals surface area contributed by atoms with Crippen LogP contribution in [0.15, 0.2) is 101 Å². The summed E-state index contributed by atoms with van der Waals surface area (Å²) in [6.07, 6.45) is -3.46. The van der Waals surface area contributed by atoms with E-state index in [0.717, 1.165) is 16.7 Å². The maximum absolute atomic E-state index is 13.5. The second kappa shape index (κ2) is 22.1. The van der Waals surface area contributed by atoms with E-state index in [2.05, 4.69) is 21.8 Å². The molecule has 0 saturated carbocycles. The van der Waals surface area contributed by atoms with Crippen LogP contribution in [0.4, 0.5) is 0 Å². The Kier molecular flexibility index (Phi) is 17.0. The molecule has 16 heteroatoms. The fraction of sp³-hybridized carbons (Fsp3) is 0.455. The minimum Gasteiger partial charge on any atom is -0.497 e. The van der Waals surface area contributed by atoms with Crippen LogP contribution in [0, 0.1) is 22.7 Å². The summed E-state index contributed by atoms with van der Waals surface area (Å²) >= 11 is 0. The summed E-state index contributed by atoms with van der Waals surface area (Å²) < 4.78 is 54.4. The Labute approximate surface area is 352 Å². The van der Waals surface area contributed by atoms with Crippen LogP contribution in [0.1, 0.15) is 70.4 Å². The molecule has 60 heavy (non-hydrogen) atoms. The fourth-order valence-electron chi connectivity index (χ4n) is 7.18. The Bertz CT molecular complexity index is 2080. The first-order valence-corrected chi connectivity index (χ1v) is 20.9. The smallest absolute Gasteiger partial charge is 0.330 e. The van der Waals surface area contributed by atoms with Crippen molar-refractivity contribution in [3.8, 4) is 23.6 Å². The molecule has 1 N–H and O–H groups in total. The van der Waals surface area contributed by atoms with E-state index >= 15 is 0 Å². The summed E-state index contributed by atoms with van der Waals surface area (Å²) in [5.74, 6) is 1.32. The molecule has 0 bridgehead atoms. The fourth-order valence-corrected chi connectivity index (χ4v) is 8.95. The zero-order valence-electron chi connectivity index (χ0n) is 35.1. The normalized spacial score (nSPS) is 18.9. The molecule has 0 aliphatic carbocycles. The van der Waals surface area contributed by atoms with Crippen LogP contribution in [0.3, 0.4) is 0 Å². The van der Waals surface area contributed by atoms with Crippen molar-refractivity contribution in [3.63, 3.8) is 0 Å². The van der Waals surface area contributed by atoms with Gasteiger partial charge in [-0.15, -0.1) is 0 Å². The minimum atomic E-state index is -1.89. The van der Waals surface area contributed by atoms with Crippen molar-refractivity contribution in [2.75, 3.05) is 34.0 Å². The third kappa shape index (κ3) is 11.1. The maximum atomic E-state index is 13.5. The van der Waals surface area contributed by atoms with Crippen molar-refractivity contribution >= 4 is 8.53 Å². The number of nitrogens with zero attached hydrogens (tertiary/aromatic N) is 4. The van der Waals surface area contributed by atoms with Crippen molar-refractivity contribution in [1.82, 2.24) is 14.2 Å². The van der Waals surface area contributed by atoms with Crippen LogP contribution in [0.5, 0.6) is 11.5 Å². The average molecular weight is 844 g/mol. The Hall–Kier alpha value is -4.93. The summed E-state index contributed by atoms with van der Waals surface area (Å²) in [6.45, 7) is 9.85. The van der Waals surface area contributed by atoms with Crippen molar-refractivity contribution in [2.45, 2.75) is 96.0 Å². The molecular formula is C44H54N5O10P. The lowest BCUT2D eigenvalue weighted by Crippen LogP contribution is -2.44. The molecule has 1 aliphatic heterocycles. The van der Waals surface area contributed by atoms with Gasteiger partial charge in [0, 0.05) is 24.3 Å². The second-order valence-corrected chi connectivity index (χ2v) is 15.9. The highest BCUT2D eigenvalue weighted by Crippen LogP contribution is 2.51. The number of hydrogen-bond donors (Lipinski definition) is 1. The second-order valence-electron chi connectivity index (χ2n) is 14.5. The van der Waals surface area contributed by atoms with E-state index in [1.54, 1.807) is 21.1 Å². The Morgan fingerprint density at radius 3 is 1.90 bits per heavy atom. The number of nitrogens with one attached hydrogen (secondary N) is 1. The first-order chi connectivity index (χ1) is 29.0. The zero-order valence-corrected chi connectivity index (χ0v) is 36.0.